The van der Waals surface area contributed by atoms with Gasteiger partial charge in [-0.2, -0.15) is 0 Å². The lowest BCUT2D eigenvalue weighted by atomic mass is 10.0. The highest BCUT2D eigenvalue weighted by Gasteiger charge is 1.97. The molecule has 0 radical (unpaired) electrons. The first-order chi connectivity index (χ1) is 26.2. The third kappa shape index (κ3) is 21.6. The highest BCUT2D eigenvalue weighted by molar-refractivity contribution is 5.34. The van der Waals surface area contributed by atoms with E-state index in [1.807, 2.05) is 48.5 Å². The molecule has 7 aromatic carbocycles. The van der Waals surface area contributed by atoms with Gasteiger partial charge < -0.3 is 4.74 Å². The first kappa shape index (κ1) is 52.3. The number of rotatable bonds is 4. The van der Waals surface area contributed by atoms with Crippen molar-refractivity contribution >= 4 is 0 Å². The number of hydrogen-bond donors (Lipinski definition) is 0. The molecule has 7 rings (SSSR count). The fraction of sp³-hybridized carbons (Fsp3) is 0.263. The number of hydrogen-bond acceptors (Lipinski definition) is 1. The monoisotopic (exact) mass is 775 g/mol. The Morgan fingerprint density at radius 1 is 0.276 bits per heavy atom. The van der Waals surface area contributed by atoms with Crippen LogP contribution >= 0.6 is 0 Å². The minimum absolute atomic E-state index is 0. The van der Waals surface area contributed by atoms with Gasteiger partial charge in [-0.15, -0.1) is 0 Å². The van der Waals surface area contributed by atoms with Crippen LogP contribution < -0.4 is 4.74 Å². The van der Waals surface area contributed by atoms with Crippen LogP contribution in [0, 0.1) is 76.2 Å². The standard InChI is InChI=1S/C15H16.C14H14O.C9H12.2C8H10.3CH4/c1-12-3-7-14(8-4-12)11-15-9-5-13(2)6-10-15;1-11-3-7-13(8-4-11)15-14-9-5-12(2)6-10-14;1-7-4-5-8(2)9(3)6-7;1-7-3-5-8(2)6-4-7;1-7-4-3-5-8(2)6-7;;;/h3-10H,11H2,1-2H3;3-10H,1-2H3;4-6H,1-3H3;2*3-6H,1-2H3;3*1H4. The maximum atomic E-state index is 5.69. The lowest BCUT2D eigenvalue weighted by molar-refractivity contribution is 0.482. The molecule has 1 nitrogen and oxygen atoms in total. The van der Waals surface area contributed by atoms with Gasteiger partial charge in [0.25, 0.3) is 0 Å². The predicted octanol–water partition coefficient (Wildman–Crippen LogP) is 17.1. The highest BCUT2D eigenvalue weighted by Crippen LogP contribution is 2.21. The summed E-state index contributed by atoms with van der Waals surface area (Å²) in [5.74, 6) is 1.76. The molecule has 308 valence electrons. The molecule has 0 heterocycles. The summed E-state index contributed by atoms with van der Waals surface area (Å²) in [5, 5.41) is 0. The average Bonchev–Trinajstić information content (AvgIpc) is 3.16. The highest BCUT2D eigenvalue weighted by atomic mass is 16.5. The second kappa shape index (κ2) is 27.9. The van der Waals surface area contributed by atoms with E-state index < -0.39 is 0 Å². The zero-order chi connectivity index (χ0) is 40.2. The molecular formula is C57H74O. The van der Waals surface area contributed by atoms with Gasteiger partial charge in [-0.25, -0.2) is 0 Å². The fourth-order valence-electron chi connectivity index (χ4n) is 5.33. The number of ether oxygens (including phenoxy) is 1. The minimum Gasteiger partial charge on any atom is -0.457 e. The molecule has 0 fully saturated rings. The van der Waals surface area contributed by atoms with Crippen molar-refractivity contribution in [2.45, 2.75) is 105 Å². The van der Waals surface area contributed by atoms with E-state index in [-0.39, 0.29) is 22.3 Å². The molecule has 0 spiro atoms. The van der Waals surface area contributed by atoms with Crippen LogP contribution in [0.4, 0.5) is 0 Å². The molecule has 0 unspecified atom stereocenters. The van der Waals surface area contributed by atoms with Crippen LogP contribution in [-0.2, 0) is 6.42 Å². The Morgan fingerprint density at radius 3 is 0.828 bits per heavy atom. The van der Waals surface area contributed by atoms with Gasteiger partial charge in [0.15, 0.2) is 0 Å². The SMILES string of the molecule is C.C.C.Cc1ccc(C)c(C)c1.Cc1ccc(C)cc1.Cc1ccc(Cc2ccc(C)cc2)cc1.Cc1ccc(Oc2ccc(C)cc2)cc1.Cc1cccc(C)c1. The van der Waals surface area contributed by atoms with Crippen LogP contribution in [0.15, 0.2) is 164 Å². The summed E-state index contributed by atoms with van der Waals surface area (Å²) in [6.45, 7) is 23.2. The molecule has 1 heteroatoms. The topological polar surface area (TPSA) is 9.23 Å². The third-order valence-corrected chi connectivity index (χ3v) is 8.98. The molecule has 0 aliphatic heterocycles. The molecule has 0 saturated heterocycles. The summed E-state index contributed by atoms with van der Waals surface area (Å²) in [6, 6.07) is 57.0. The van der Waals surface area contributed by atoms with E-state index in [9.17, 15) is 0 Å². The molecule has 0 aliphatic carbocycles. The van der Waals surface area contributed by atoms with Crippen LogP contribution in [0.5, 0.6) is 11.5 Å². The quantitative estimate of drug-likeness (QED) is 0.173. The first-order valence-corrected chi connectivity index (χ1v) is 19.3. The van der Waals surface area contributed by atoms with Crippen molar-refractivity contribution in [3.8, 4) is 11.5 Å². The van der Waals surface area contributed by atoms with Gasteiger partial charge in [-0.3, -0.25) is 0 Å². The van der Waals surface area contributed by atoms with Crippen LogP contribution in [-0.4, -0.2) is 0 Å². The van der Waals surface area contributed by atoms with E-state index in [2.05, 4.69) is 191 Å². The van der Waals surface area contributed by atoms with E-state index in [1.54, 1.807) is 0 Å². The zero-order valence-corrected chi connectivity index (χ0v) is 35.2. The molecular weight excluding hydrogens is 701 g/mol. The van der Waals surface area contributed by atoms with Crippen molar-refractivity contribution < 1.29 is 4.74 Å². The van der Waals surface area contributed by atoms with Gasteiger partial charge in [-0.05, 0) is 129 Å². The first-order valence-electron chi connectivity index (χ1n) is 19.3. The molecule has 0 aromatic heterocycles. The van der Waals surface area contributed by atoms with Crippen molar-refractivity contribution in [3.63, 3.8) is 0 Å². The zero-order valence-electron chi connectivity index (χ0n) is 35.2. The summed E-state index contributed by atoms with van der Waals surface area (Å²) < 4.78 is 5.69. The van der Waals surface area contributed by atoms with Gasteiger partial charge in [0.2, 0.25) is 0 Å². The Bertz CT molecular complexity index is 1890. The molecule has 0 N–H and O–H groups in total. The molecule has 0 saturated carbocycles. The smallest absolute Gasteiger partial charge is 0.127 e. The van der Waals surface area contributed by atoms with Crippen molar-refractivity contribution in [2.75, 3.05) is 0 Å². The Hall–Kier alpha value is -5.66. The van der Waals surface area contributed by atoms with Crippen molar-refractivity contribution in [1.29, 1.82) is 0 Å². The molecule has 58 heavy (non-hydrogen) atoms. The van der Waals surface area contributed by atoms with E-state index in [0.29, 0.717) is 0 Å². The third-order valence-electron chi connectivity index (χ3n) is 8.98. The number of aryl methyl sites for hydroxylation is 11. The largest absolute Gasteiger partial charge is 0.457 e. The van der Waals surface area contributed by atoms with Gasteiger partial charge in [0, 0.05) is 0 Å². The van der Waals surface area contributed by atoms with E-state index >= 15 is 0 Å². The second-order valence-electron chi connectivity index (χ2n) is 14.8. The van der Waals surface area contributed by atoms with Crippen LogP contribution in [0.1, 0.15) is 94.6 Å². The molecule has 0 bridgehead atoms. The molecule has 0 amide bonds. The molecule has 7 aromatic rings. The summed E-state index contributed by atoms with van der Waals surface area (Å²) >= 11 is 0. The summed E-state index contributed by atoms with van der Waals surface area (Å²) in [6.07, 6.45) is 1.03. The molecule has 0 atom stereocenters. The van der Waals surface area contributed by atoms with Crippen molar-refractivity contribution in [3.05, 3.63) is 236 Å². The van der Waals surface area contributed by atoms with Crippen LogP contribution in [0.25, 0.3) is 0 Å². The summed E-state index contributed by atoms with van der Waals surface area (Å²) in [7, 11) is 0. The lowest BCUT2D eigenvalue weighted by Gasteiger charge is -2.05. The second-order valence-corrected chi connectivity index (χ2v) is 14.8. The Labute approximate surface area is 355 Å². The van der Waals surface area contributed by atoms with E-state index in [0.717, 1.165) is 17.9 Å². The Balaban J connectivity index is 0.000000711. The van der Waals surface area contributed by atoms with Gasteiger partial charge in [0.05, 0.1) is 0 Å². The van der Waals surface area contributed by atoms with Crippen molar-refractivity contribution in [2.24, 2.45) is 0 Å². The van der Waals surface area contributed by atoms with E-state index in [1.165, 1.54) is 72.3 Å². The number of benzene rings is 7. The lowest BCUT2D eigenvalue weighted by Crippen LogP contribution is -1.88. The normalized spacial score (nSPS) is 9.29. The average molecular weight is 775 g/mol. The van der Waals surface area contributed by atoms with Crippen molar-refractivity contribution in [1.82, 2.24) is 0 Å². The Kier molecular flexibility index (Phi) is 25.1. The Morgan fingerprint density at radius 2 is 0.552 bits per heavy atom. The summed E-state index contributed by atoms with van der Waals surface area (Å²) in [4.78, 5) is 0. The minimum atomic E-state index is 0. The fourth-order valence-corrected chi connectivity index (χ4v) is 5.33. The van der Waals surface area contributed by atoms with Crippen LogP contribution in [0.3, 0.4) is 0 Å². The molecule has 0 aliphatic rings. The van der Waals surface area contributed by atoms with Gasteiger partial charge >= 0.3 is 0 Å². The maximum Gasteiger partial charge on any atom is 0.127 e. The van der Waals surface area contributed by atoms with E-state index in [4.69, 9.17) is 4.74 Å². The van der Waals surface area contributed by atoms with Gasteiger partial charge in [-0.1, -0.05) is 212 Å². The predicted molar refractivity (Wildman–Crippen MR) is 260 cm³/mol. The summed E-state index contributed by atoms with van der Waals surface area (Å²) in [5.41, 5.74) is 17.3. The van der Waals surface area contributed by atoms with Gasteiger partial charge in [0.1, 0.15) is 11.5 Å². The van der Waals surface area contributed by atoms with Crippen LogP contribution in [0.2, 0.25) is 0 Å². The maximum absolute atomic E-state index is 5.69.